The fourth-order valence-corrected chi connectivity index (χ4v) is 3.25. The molecule has 1 N–H and O–H groups in total. The quantitative estimate of drug-likeness (QED) is 0.727. The van der Waals surface area contributed by atoms with E-state index in [-0.39, 0.29) is 6.04 Å². The zero-order valence-corrected chi connectivity index (χ0v) is 11.7. The number of rotatable bonds is 1. The fraction of sp³-hybridized carbons (Fsp3) is 0.235. The number of hydrogen-bond donors (Lipinski definition) is 1. The van der Waals surface area contributed by atoms with E-state index in [0.717, 1.165) is 17.8 Å². The molecular formula is C17H17N3. The molecule has 0 saturated carbocycles. The van der Waals surface area contributed by atoms with Gasteiger partial charge in [0, 0.05) is 19.2 Å². The molecule has 3 heteroatoms. The van der Waals surface area contributed by atoms with Crippen molar-refractivity contribution in [3.05, 3.63) is 59.4 Å². The van der Waals surface area contributed by atoms with Gasteiger partial charge >= 0.3 is 0 Å². The summed E-state index contributed by atoms with van der Waals surface area (Å²) in [4.78, 5) is 4.84. The van der Waals surface area contributed by atoms with E-state index >= 15 is 0 Å². The third kappa shape index (κ3) is 1.56. The Morgan fingerprint density at radius 1 is 1.15 bits per heavy atom. The lowest BCUT2D eigenvalue weighted by molar-refractivity contribution is 0.703. The normalized spacial score (nSPS) is 17.2. The van der Waals surface area contributed by atoms with Gasteiger partial charge in [-0.3, -0.25) is 0 Å². The first-order valence-corrected chi connectivity index (χ1v) is 7.00. The predicted molar refractivity (Wildman–Crippen MR) is 82.0 cm³/mol. The van der Waals surface area contributed by atoms with E-state index in [2.05, 4.69) is 66.3 Å². The molecule has 20 heavy (non-hydrogen) atoms. The Kier molecular flexibility index (Phi) is 2.36. The molecule has 0 aliphatic carbocycles. The van der Waals surface area contributed by atoms with Crippen molar-refractivity contribution < 1.29 is 0 Å². The summed E-state index contributed by atoms with van der Waals surface area (Å²) in [5.41, 5.74) is 6.21. The summed E-state index contributed by atoms with van der Waals surface area (Å²) in [5, 5.41) is 3.59. The summed E-state index contributed by atoms with van der Waals surface area (Å²) in [7, 11) is 2.11. The van der Waals surface area contributed by atoms with Gasteiger partial charge in [-0.05, 0) is 30.2 Å². The van der Waals surface area contributed by atoms with Crippen molar-refractivity contribution in [3.8, 4) is 0 Å². The van der Waals surface area contributed by atoms with E-state index in [9.17, 15) is 0 Å². The first-order chi connectivity index (χ1) is 9.74. The zero-order valence-electron chi connectivity index (χ0n) is 11.7. The summed E-state index contributed by atoms with van der Waals surface area (Å²) < 4.78 is 2.23. The lowest BCUT2D eigenvalue weighted by Crippen LogP contribution is -2.11. The Labute approximate surface area is 118 Å². The van der Waals surface area contributed by atoms with Crippen molar-refractivity contribution in [1.29, 1.82) is 0 Å². The van der Waals surface area contributed by atoms with Gasteiger partial charge in [-0.15, -0.1) is 0 Å². The average molecular weight is 263 g/mol. The molecular weight excluding hydrogens is 246 g/mol. The molecule has 2 aromatic carbocycles. The molecule has 0 bridgehead atoms. The van der Waals surface area contributed by atoms with Crippen LogP contribution in [0.15, 0.2) is 42.5 Å². The van der Waals surface area contributed by atoms with Crippen LogP contribution in [-0.2, 0) is 13.5 Å². The second kappa shape index (κ2) is 4.10. The molecule has 0 fully saturated rings. The van der Waals surface area contributed by atoms with E-state index in [1.54, 1.807) is 0 Å². The van der Waals surface area contributed by atoms with Crippen molar-refractivity contribution in [2.45, 2.75) is 19.4 Å². The van der Waals surface area contributed by atoms with Crippen molar-refractivity contribution in [1.82, 2.24) is 9.55 Å². The smallest absolute Gasteiger partial charge is 0.132 e. The average Bonchev–Trinajstić information content (AvgIpc) is 3.00. The lowest BCUT2D eigenvalue weighted by atomic mass is 10.1. The highest BCUT2D eigenvalue weighted by molar-refractivity contribution is 5.79. The van der Waals surface area contributed by atoms with Gasteiger partial charge in [0.2, 0.25) is 0 Å². The first-order valence-electron chi connectivity index (χ1n) is 7.00. The van der Waals surface area contributed by atoms with Crippen LogP contribution in [0.1, 0.15) is 23.0 Å². The summed E-state index contributed by atoms with van der Waals surface area (Å²) in [5.74, 6) is 1.12. The van der Waals surface area contributed by atoms with Crippen LogP contribution in [0.5, 0.6) is 0 Å². The number of fused-ring (bicyclic) bond motifs is 2. The topological polar surface area (TPSA) is 29.9 Å². The molecule has 1 unspecified atom stereocenters. The predicted octanol–water partition coefficient (Wildman–Crippen LogP) is 3.59. The van der Waals surface area contributed by atoms with Crippen LogP contribution in [0.3, 0.4) is 0 Å². The van der Waals surface area contributed by atoms with E-state index < -0.39 is 0 Å². The van der Waals surface area contributed by atoms with Crippen LogP contribution in [0, 0.1) is 6.92 Å². The summed E-state index contributed by atoms with van der Waals surface area (Å²) in [6.07, 6.45) is 1.01. The second-order valence-corrected chi connectivity index (χ2v) is 5.53. The van der Waals surface area contributed by atoms with Crippen LogP contribution in [0.25, 0.3) is 11.0 Å². The van der Waals surface area contributed by atoms with Crippen LogP contribution < -0.4 is 5.32 Å². The monoisotopic (exact) mass is 263 g/mol. The zero-order chi connectivity index (χ0) is 13.7. The Hall–Kier alpha value is -2.29. The number of aromatic nitrogens is 2. The number of imidazole rings is 1. The lowest BCUT2D eigenvalue weighted by Gasteiger charge is -2.11. The van der Waals surface area contributed by atoms with Crippen molar-refractivity contribution in [2.75, 3.05) is 5.32 Å². The highest BCUT2D eigenvalue weighted by atomic mass is 15.1. The number of para-hydroxylation sites is 2. The van der Waals surface area contributed by atoms with Crippen LogP contribution in [0.4, 0.5) is 5.69 Å². The maximum Gasteiger partial charge on any atom is 0.132 e. The highest BCUT2D eigenvalue weighted by Crippen LogP contribution is 2.34. The van der Waals surface area contributed by atoms with Gasteiger partial charge in [0.1, 0.15) is 5.82 Å². The summed E-state index contributed by atoms with van der Waals surface area (Å²) in [6, 6.07) is 15.1. The number of nitrogens with one attached hydrogen (secondary N) is 1. The molecule has 0 spiro atoms. The third-order valence-electron chi connectivity index (χ3n) is 4.21. The standard InChI is InChI=1S/C17H17N3/c1-11-6-5-9-14-16(11)20(2)17(19-14)15-10-12-7-3-4-8-13(12)18-15/h3-9,15,18H,10H2,1-2H3. The summed E-state index contributed by atoms with van der Waals surface area (Å²) >= 11 is 0. The molecule has 1 atom stereocenters. The van der Waals surface area contributed by atoms with Gasteiger partial charge in [0.05, 0.1) is 17.1 Å². The van der Waals surface area contributed by atoms with E-state index in [0.29, 0.717) is 0 Å². The maximum atomic E-state index is 4.84. The maximum absolute atomic E-state index is 4.84. The number of anilines is 1. The number of aryl methyl sites for hydroxylation is 2. The van der Waals surface area contributed by atoms with Gasteiger partial charge in [0.15, 0.2) is 0 Å². The molecule has 3 nitrogen and oxygen atoms in total. The van der Waals surface area contributed by atoms with E-state index in [1.165, 1.54) is 22.3 Å². The minimum Gasteiger partial charge on any atom is -0.375 e. The molecule has 0 radical (unpaired) electrons. The van der Waals surface area contributed by atoms with Crippen LogP contribution in [0.2, 0.25) is 0 Å². The van der Waals surface area contributed by atoms with Gasteiger partial charge in [-0.2, -0.15) is 0 Å². The molecule has 2 heterocycles. The van der Waals surface area contributed by atoms with Gasteiger partial charge < -0.3 is 9.88 Å². The Balaban J connectivity index is 1.81. The number of nitrogens with zero attached hydrogens (tertiary/aromatic N) is 2. The molecule has 0 saturated heterocycles. The highest BCUT2D eigenvalue weighted by Gasteiger charge is 2.25. The molecule has 1 aromatic heterocycles. The molecule has 100 valence electrons. The molecule has 1 aliphatic heterocycles. The molecule has 1 aliphatic rings. The van der Waals surface area contributed by atoms with Gasteiger partial charge in [-0.25, -0.2) is 4.98 Å². The summed E-state index contributed by atoms with van der Waals surface area (Å²) in [6.45, 7) is 2.14. The van der Waals surface area contributed by atoms with Gasteiger partial charge in [-0.1, -0.05) is 30.3 Å². The number of hydrogen-bond acceptors (Lipinski definition) is 2. The van der Waals surface area contributed by atoms with Crippen LogP contribution in [-0.4, -0.2) is 9.55 Å². The fourth-order valence-electron chi connectivity index (χ4n) is 3.25. The van der Waals surface area contributed by atoms with E-state index in [4.69, 9.17) is 4.98 Å². The van der Waals surface area contributed by atoms with Crippen molar-refractivity contribution in [2.24, 2.45) is 7.05 Å². The van der Waals surface area contributed by atoms with Crippen molar-refractivity contribution >= 4 is 16.7 Å². The van der Waals surface area contributed by atoms with Crippen molar-refractivity contribution in [3.63, 3.8) is 0 Å². The molecule has 0 amide bonds. The number of benzene rings is 2. The first kappa shape index (κ1) is 11.5. The largest absolute Gasteiger partial charge is 0.375 e. The third-order valence-corrected chi connectivity index (χ3v) is 4.21. The second-order valence-electron chi connectivity index (χ2n) is 5.53. The van der Waals surface area contributed by atoms with Gasteiger partial charge in [0.25, 0.3) is 0 Å². The van der Waals surface area contributed by atoms with E-state index in [1.807, 2.05) is 0 Å². The SMILES string of the molecule is Cc1cccc2nc(C3Cc4ccccc4N3)n(C)c12. The minimum absolute atomic E-state index is 0.268. The Morgan fingerprint density at radius 2 is 2.00 bits per heavy atom. The molecule has 3 aromatic rings. The Morgan fingerprint density at radius 3 is 2.80 bits per heavy atom. The van der Waals surface area contributed by atoms with Crippen LogP contribution >= 0.6 is 0 Å². The Bertz CT molecular complexity index is 776. The minimum atomic E-state index is 0.268. The molecule has 4 rings (SSSR count).